The minimum atomic E-state index is -3.15. The maximum absolute atomic E-state index is 11.4. The second-order valence-electron chi connectivity index (χ2n) is 6.47. The summed E-state index contributed by atoms with van der Waals surface area (Å²) >= 11 is 0. The van der Waals surface area contributed by atoms with Crippen molar-refractivity contribution in [1.29, 1.82) is 0 Å². The van der Waals surface area contributed by atoms with Gasteiger partial charge in [0.05, 0.1) is 24.7 Å². The van der Waals surface area contributed by atoms with E-state index in [9.17, 15) is 8.42 Å². The number of likely N-dealkylation sites (tertiary alicyclic amines) is 1. The molecule has 0 unspecified atom stereocenters. The van der Waals surface area contributed by atoms with Gasteiger partial charge in [-0.05, 0) is 37.8 Å². The van der Waals surface area contributed by atoms with E-state index in [0.717, 1.165) is 51.1 Å². The smallest absolute Gasteiger partial charge is 0.208 e. The molecule has 2 aliphatic heterocycles. The molecule has 3 rings (SSSR count). The Labute approximate surface area is 131 Å². The highest BCUT2D eigenvalue weighted by molar-refractivity contribution is 7.88. The number of furan rings is 1. The van der Waals surface area contributed by atoms with E-state index < -0.39 is 10.0 Å². The lowest BCUT2D eigenvalue weighted by Crippen LogP contribution is -2.53. The second-order valence-corrected chi connectivity index (χ2v) is 8.25. The van der Waals surface area contributed by atoms with Crippen LogP contribution in [-0.4, -0.2) is 50.9 Å². The van der Waals surface area contributed by atoms with Gasteiger partial charge < -0.3 is 9.15 Å². The van der Waals surface area contributed by atoms with Gasteiger partial charge in [0.25, 0.3) is 0 Å². The number of nitrogens with one attached hydrogen (secondary N) is 1. The Hall–Kier alpha value is -0.890. The molecule has 0 radical (unpaired) electrons. The maximum atomic E-state index is 11.4. The van der Waals surface area contributed by atoms with Crippen molar-refractivity contribution in [3.05, 3.63) is 24.2 Å². The van der Waals surface area contributed by atoms with Gasteiger partial charge in [0.1, 0.15) is 5.76 Å². The summed E-state index contributed by atoms with van der Waals surface area (Å²) in [4.78, 5) is 2.36. The normalized spacial score (nSPS) is 26.3. The van der Waals surface area contributed by atoms with E-state index in [4.69, 9.17) is 9.15 Å². The molecule has 1 aromatic heterocycles. The Balaban J connectivity index is 1.54. The molecule has 22 heavy (non-hydrogen) atoms. The first kappa shape index (κ1) is 16.0. The molecule has 0 aromatic carbocycles. The van der Waals surface area contributed by atoms with Crippen molar-refractivity contribution in [3.8, 4) is 0 Å². The third-order valence-corrected chi connectivity index (χ3v) is 5.36. The van der Waals surface area contributed by atoms with Crippen molar-refractivity contribution < 1.29 is 17.6 Å². The highest BCUT2D eigenvalue weighted by atomic mass is 32.2. The van der Waals surface area contributed by atoms with Crippen LogP contribution in [0.2, 0.25) is 0 Å². The third-order valence-electron chi connectivity index (χ3n) is 4.60. The predicted molar refractivity (Wildman–Crippen MR) is 82.9 cm³/mol. The lowest BCUT2D eigenvalue weighted by Gasteiger charge is -2.46. The zero-order chi connectivity index (χ0) is 15.6. The summed E-state index contributed by atoms with van der Waals surface area (Å²) in [6.45, 7) is 3.36. The molecule has 0 aliphatic carbocycles. The van der Waals surface area contributed by atoms with Crippen molar-refractivity contribution in [2.75, 3.05) is 26.0 Å². The van der Waals surface area contributed by atoms with Crippen molar-refractivity contribution in [3.63, 3.8) is 0 Å². The van der Waals surface area contributed by atoms with Crippen LogP contribution in [-0.2, 0) is 21.3 Å². The largest absolute Gasteiger partial charge is 0.468 e. The fraction of sp³-hybridized carbons (Fsp3) is 0.733. The van der Waals surface area contributed by atoms with E-state index in [1.165, 1.54) is 6.26 Å². The number of rotatable bonds is 4. The molecule has 2 fully saturated rings. The summed E-state index contributed by atoms with van der Waals surface area (Å²) in [6, 6.07) is 3.90. The van der Waals surface area contributed by atoms with Crippen LogP contribution in [0, 0.1) is 0 Å². The molecule has 0 saturated carbocycles. The second kappa shape index (κ2) is 6.31. The van der Waals surface area contributed by atoms with Gasteiger partial charge in [-0.2, -0.15) is 0 Å². The lowest BCUT2D eigenvalue weighted by molar-refractivity contribution is -0.118. The Kier molecular flexibility index (Phi) is 4.59. The zero-order valence-electron chi connectivity index (χ0n) is 13.0. The SMILES string of the molecule is CS(=O)(=O)N[C@H]1CCOC2(CCN(Cc3ccco3)CC2)C1. The molecule has 2 saturated heterocycles. The highest BCUT2D eigenvalue weighted by Gasteiger charge is 2.40. The van der Waals surface area contributed by atoms with Crippen molar-refractivity contribution >= 4 is 10.0 Å². The first-order valence-corrected chi connectivity index (χ1v) is 9.69. The third kappa shape index (κ3) is 4.10. The summed E-state index contributed by atoms with van der Waals surface area (Å²) < 4.78 is 37.0. The van der Waals surface area contributed by atoms with Gasteiger partial charge in [-0.1, -0.05) is 0 Å². The van der Waals surface area contributed by atoms with Gasteiger partial charge in [-0.3, -0.25) is 4.90 Å². The van der Waals surface area contributed by atoms with Crippen molar-refractivity contribution in [2.24, 2.45) is 0 Å². The Morgan fingerprint density at radius 1 is 1.41 bits per heavy atom. The van der Waals surface area contributed by atoms with Gasteiger partial charge in [0, 0.05) is 25.7 Å². The summed E-state index contributed by atoms with van der Waals surface area (Å²) in [5, 5.41) is 0. The number of hydrogen-bond acceptors (Lipinski definition) is 5. The molecule has 2 aliphatic rings. The summed E-state index contributed by atoms with van der Waals surface area (Å²) in [5.41, 5.74) is -0.166. The number of ether oxygens (including phenoxy) is 1. The molecule has 1 atom stereocenters. The number of hydrogen-bond donors (Lipinski definition) is 1. The summed E-state index contributed by atoms with van der Waals surface area (Å²) in [7, 11) is -3.15. The van der Waals surface area contributed by atoms with Gasteiger partial charge in [0.2, 0.25) is 10.0 Å². The van der Waals surface area contributed by atoms with Crippen LogP contribution in [0.4, 0.5) is 0 Å². The number of nitrogens with zero attached hydrogens (tertiary/aromatic N) is 1. The molecule has 124 valence electrons. The number of sulfonamides is 1. The maximum Gasteiger partial charge on any atom is 0.208 e. The molecule has 1 N–H and O–H groups in total. The first-order valence-electron chi connectivity index (χ1n) is 7.80. The Morgan fingerprint density at radius 3 is 2.82 bits per heavy atom. The Bertz CT molecular complexity index is 577. The molecule has 0 bridgehead atoms. The van der Waals surface area contributed by atoms with Gasteiger partial charge in [-0.25, -0.2) is 13.1 Å². The monoisotopic (exact) mass is 328 g/mol. The summed E-state index contributed by atoms with van der Waals surface area (Å²) in [6.07, 6.45) is 6.33. The molecule has 3 heterocycles. The molecule has 1 aromatic rings. The summed E-state index contributed by atoms with van der Waals surface area (Å²) in [5.74, 6) is 0.983. The van der Waals surface area contributed by atoms with Crippen LogP contribution in [0.3, 0.4) is 0 Å². The topological polar surface area (TPSA) is 71.8 Å². The molecule has 1 spiro atoms. The van der Waals surface area contributed by atoms with Crippen molar-refractivity contribution in [2.45, 2.75) is 43.9 Å². The fourth-order valence-electron chi connectivity index (χ4n) is 3.52. The standard InChI is InChI=1S/C15H24N2O4S/c1-22(18,19)16-13-4-10-21-15(11-13)5-7-17(8-6-15)12-14-3-2-9-20-14/h2-3,9,13,16H,4-8,10-12H2,1H3/t13-/m0/s1. The average molecular weight is 328 g/mol. The average Bonchev–Trinajstić information content (AvgIpc) is 2.93. The van der Waals surface area contributed by atoms with E-state index in [0.29, 0.717) is 6.61 Å². The molecule has 7 heteroatoms. The Morgan fingerprint density at radius 2 is 2.18 bits per heavy atom. The van der Waals surface area contributed by atoms with Crippen molar-refractivity contribution in [1.82, 2.24) is 9.62 Å². The van der Waals surface area contributed by atoms with Crippen LogP contribution >= 0.6 is 0 Å². The quantitative estimate of drug-likeness (QED) is 0.903. The van der Waals surface area contributed by atoms with E-state index >= 15 is 0 Å². The fourth-order valence-corrected chi connectivity index (χ4v) is 4.33. The zero-order valence-corrected chi connectivity index (χ0v) is 13.8. The van der Waals surface area contributed by atoms with Crippen LogP contribution in [0.25, 0.3) is 0 Å². The minimum absolute atomic E-state index is 0.000346. The minimum Gasteiger partial charge on any atom is -0.468 e. The van der Waals surface area contributed by atoms with Gasteiger partial charge in [0.15, 0.2) is 0 Å². The molecular formula is C15H24N2O4S. The predicted octanol–water partition coefficient (Wildman–Crippen LogP) is 1.34. The van der Waals surface area contributed by atoms with Crippen LogP contribution < -0.4 is 4.72 Å². The molecule has 6 nitrogen and oxygen atoms in total. The van der Waals surface area contributed by atoms with Crippen LogP contribution in [0.5, 0.6) is 0 Å². The first-order chi connectivity index (χ1) is 10.4. The van der Waals surface area contributed by atoms with Crippen LogP contribution in [0.1, 0.15) is 31.4 Å². The number of piperidine rings is 1. The van der Waals surface area contributed by atoms with E-state index in [-0.39, 0.29) is 11.6 Å². The highest BCUT2D eigenvalue weighted by Crippen LogP contribution is 2.35. The van der Waals surface area contributed by atoms with E-state index in [1.807, 2.05) is 12.1 Å². The van der Waals surface area contributed by atoms with Gasteiger partial charge in [-0.15, -0.1) is 0 Å². The van der Waals surface area contributed by atoms with E-state index in [1.54, 1.807) is 6.26 Å². The lowest BCUT2D eigenvalue weighted by atomic mass is 9.82. The van der Waals surface area contributed by atoms with Crippen LogP contribution in [0.15, 0.2) is 22.8 Å². The van der Waals surface area contributed by atoms with E-state index in [2.05, 4.69) is 9.62 Å². The molecular weight excluding hydrogens is 304 g/mol. The molecule has 0 amide bonds. The van der Waals surface area contributed by atoms with Gasteiger partial charge >= 0.3 is 0 Å².